The van der Waals surface area contributed by atoms with E-state index in [1.807, 2.05) is 0 Å². The van der Waals surface area contributed by atoms with Crippen LogP contribution in [0.2, 0.25) is 0 Å². The fraction of sp³-hybridized carbons (Fsp3) is 0.944. The van der Waals surface area contributed by atoms with Gasteiger partial charge in [0, 0.05) is 6.04 Å². The molecule has 1 aliphatic heterocycles. The fourth-order valence-corrected chi connectivity index (χ4v) is 4.29. The molecule has 1 amide bonds. The summed E-state index contributed by atoms with van der Waals surface area (Å²) in [6.07, 6.45) is 9.57. The molecule has 122 valence electrons. The summed E-state index contributed by atoms with van der Waals surface area (Å²) in [4.78, 5) is 15.1. The molecule has 3 heteroatoms. The highest BCUT2D eigenvalue weighted by molar-refractivity contribution is 5.84. The molecule has 1 N–H and O–H groups in total. The summed E-state index contributed by atoms with van der Waals surface area (Å²) in [5, 5.41) is 3.63. The Kier molecular flexibility index (Phi) is 6.09. The molecule has 0 bridgehead atoms. The Labute approximate surface area is 130 Å². The molecule has 3 nitrogen and oxygen atoms in total. The Bertz CT molecular complexity index is 344. The van der Waals surface area contributed by atoms with Crippen molar-refractivity contribution in [2.45, 2.75) is 97.3 Å². The normalized spacial score (nSPS) is 37.2. The maximum atomic E-state index is 12.9. The number of nitrogens with zero attached hydrogens (tertiary/aromatic N) is 1. The van der Waals surface area contributed by atoms with E-state index < -0.39 is 0 Å². The molecule has 1 aliphatic carbocycles. The molecule has 2 fully saturated rings. The second-order valence-corrected chi connectivity index (χ2v) is 7.37. The maximum absolute atomic E-state index is 12.9. The Morgan fingerprint density at radius 1 is 1.14 bits per heavy atom. The molecule has 2 rings (SSSR count). The van der Waals surface area contributed by atoms with Gasteiger partial charge in [0.25, 0.3) is 0 Å². The molecule has 0 aromatic heterocycles. The van der Waals surface area contributed by atoms with Crippen LogP contribution in [0.3, 0.4) is 0 Å². The van der Waals surface area contributed by atoms with E-state index in [0.29, 0.717) is 17.9 Å². The molecule has 5 atom stereocenters. The molecule has 0 aromatic rings. The minimum Gasteiger partial charge on any atom is -0.323 e. The van der Waals surface area contributed by atoms with E-state index in [-0.39, 0.29) is 12.2 Å². The lowest BCUT2D eigenvalue weighted by Crippen LogP contribution is -2.49. The minimum atomic E-state index is 0.0769. The summed E-state index contributed by atoms with van der Waals surface area (Å²) < 4.78 is 0. The van der Waals surface area contributed by atoms with Gasteiger partial charge in [-0.05, 0) is 43.9 Å². The highest BCUT2D eigenvalue weighted by Gasteiger charge is 2.44. The van der Waals surface area contributed by atoms with Gasteiger partial charge >= 0.3 is 0 Å². The number of hydrogen-bond acceptors (Lipinski definition) is 2. The molecule has 0 aromatic carbocycles. The van der Waals surface area contributed by atoms with Crippen LogP contribution in [0.5, 0.6) is 0 Å². The van der Waals surface area contributed by atoms with Crippen LogP contribution in [0.1, 0.15) is 79.1 Å². The van der Waals surface area contributed by atoms with Crippen molar-refractivity contribution in [2.75, 3.05) is 0 Å². The molecule has 21 heavy (non-hydrogen) atoms. The average molecular weight is 294 g/mol. The van der Waals surface area contributed by atoms with Gasteiger partial charge in [0.2, 0.25) is 5.91 Å². The SMILES string of the molecule is CCCCC1NC(CCC)N(C2CCC(C)CC2C)C1=O. The number of unbranched alkanes of at least 4 members (excludes halogenated alkanes) is 1. The zero-order valence-electron chi connectivity index (χ0n) is 14.4. The number of rotatable bonds is 6. The van der Waals surface area contributed by atoms with E-state index in [2.05, 4.69) is 37.9 Å². The van der Waals surface area contributed by atoms with E-state index in [1.54, 1.807) is 0 Å². The predicted octanol–water partition coefficient (Wildman–Crippen LogP) is 3.93. The Morgan fingerprint density at radius 2 is 1.90 bits per heavy atom. The van der Waals surface area contributed by atoms with Crippen LogP contribution in [0.25, 0.3) is 0 Å². The van der Waals surface area contributed by atoms with Gasteiger partial charge in [0.15, 0.2) is 0 Å². The molecule has 0 spiro atoms. The molecule has 1 saturated carbocycles. The third kappa shape index (κ3) is 3.80. The first-order chi connectivity index (χ1) is 10.1. The third-order valence-corrected chi connectivity index (χ3v) is 5.43. The summed E-state index contributed by atoms with van der Waals surface area (Å²) in [7, 11) is 0. The zero-order chi connectivity index (χ0) is 15.4. The number of amides is 1. The van der Waals surface area contributed by atoms with Crippen LogP contribution in [-0.2, 0) is 4.79 Å². The van der Waals surface area contributed by atoms with Gasteiger partial charge in [-0.15, -0.1) is 0 Å². The highest BCUT2D eigenvalue weighted by Crippen LogP contribution is 2.35. The number of carbonyl (C=O) groups is 1. The summed E-state index contributed by atoms with van der Waals surface area (Å²) in [6, 6.07) is 0.539. The van der Waals surface area contributed by atoms with Crippen molar-refractivity contribution in [1.82, 2.24) is 10.2 Å². The van der Waals surface area contributed by atoms with Gasteiger partial charge in [0.1, 0.15) is 0 Å². The Morgan fingerprint density at radius 3 is 2.52 bits per heavy atom. The largest absolute Gasteiger partial charge is 0.323 e. The maximum Gasteiger partial charge on any atom is 0.241 e. The van der Waals surface area contributed by atoms with E-state index >= 15 is 0 Å². The molecular formula is C18H34N2O. The smallest absolute Gasteiger partial charge is 0.241 e. The van der Waals surface area contributed by atoms with Gasteiger partial charge in [-0.2, -0.15) is 0 Å². The number of hydrogen-bond donors (Lipinski definition) is 1. The first-order valence-corrected chi connectivity index (χ1v) is 9.16. The first kappa shape index (κ1) is 16.8. The van der Waals surface area contributed by atoms with Crippen LogP contribution in [-0.4, -0.2) is 29.1 Å². The molecule has 0 radical (unpaired) electrons. The standard InChI is InChI=1S/C18H34N2O/c1-5-7-9-15-18(21)20(17(19-15)8-6-2)16-11-10-13(3)12-14(16)4/h13-17,19H,5-12H2,1-4H3. The molecule has 5 unspecified atom stereocenters. The van der Waals surface area contributed by atoms with Gasteiger partial charge in [0.05, 0.1) is 12.2 Å². The predicted molar refractivity (Wildman–Crippen MR) is 88.0 cm³/mol. The number of carbonyl (C=O) groups excluding carboxylic acids is 1. The van der Waals surface area contributed by atoms with Crippen LogP contribution < -0.4 is 5.32 Å². The van der Waals surface area contributed by atoms with Crippen molar-refractivity contribution < 1.29 is 4.79 Å². The fourth-order valence-electron chi connectivity index (χ4n) is 4.29. The highest BCUT2D eigenvalue weighted by atomic mass is 16.2. The molecule has 1 saturated heterocycles. The minimum absolute atomic E-state index is 0.0769. The summed E-state index contributed by atoms with van der Waals surface area (Å²) >= 11 is 0. The van der Waals surface area contributed by atoms with Crippen LogP contribution in [0, 0.1) is 11.8 Å². The Hall–Kier alpha value is -0.570. The lowest BCUT2D eigenvalue weighted by atomic mass is 9.79. The average Bonchev–Trinajstić information content (AvgIpc) is 2.74. The van der Waals surface area contributed by atoms with E-state index in [0.717, 1.165) is 31.6 Å². The van der Waals surface area contributed by atoms with Crippen LogP contribution in [0.15, 0.2) is 0 Å². The van der Waals surface area contributed by atoms with Crippen LogP contribution in [0.4, 0.5) is 0 Å². The van der Waals surface area contributed by atoms with Gasteiger partial charge in [-0.1, -0.05) is 47.0 Å². The lowest BCUT2D eigenvalue weighted by Gasteiger charge is -2.41. The van der Waals surface area contributed by atoms with E-state index in [9.17, 15) is 4.79 Å². The quantitative estimate of drug-likeness (QED) is 0.805. The monoisotopic (exact) mass is 294 g/mol. The van der Waals surface area contributed by atoms with Crippen molar-refractivity contribution in [1.29, 1.82) is 0 Å². The zero-order valence-corrected chi connectivity index (χ0v) is 14.4. The van der Waals surface area contributed by atoms with E-state index in [4.69, 9.17) is 0 Å². The summed E-state index contributed by atoms with van der Waals surface area (Å²) in [5.74, 6) is 1.85. The summed E-state index contributed by atoms with van der Waals surface area (Å²) in [6.45, 7) is 9.11. The van der Waals surface area contributed by atoms with E-state index in [1.165, 1.54) is 25.7 Å². The van der Waals surface area contributed by atoms with Gasteiger partial charge < -0.3 is 4.90 Å². The number of nitrogens with one attached hydrogen (secondary N) is 1. The van der Waals surface area contributed by atoms with Crippen molar-refractivity contribution >= 4 is 5.91 Å². The van der Waals surface area contributed by atoms with Crippen molar-refractivity contribution in [3.63, 3.8) is 0 Å². The topological polar surface area (TPSA) is 32.3 Å². The van der Waals surface area contributed by atoms with Gasteiger partial charge in [-0.3, -0.25) is 10.1 Å². The summed E-state index contributed by atoms with van der Waals surface area (Å²) in [5.41, 5.74) is 0. The van der Waals surface area contributed by atoms with Crippen LogP contribution >= 0.6 is 0 Å². The second kappa shape index (κ2) is 7.62. The van der Waals surface area contributed by atoms with Crippen molar-refractivity contribution in [3.8, 4) is 0 Å². The Balaban J connectivity index is 2.08. The molecule has 2 aliphatic rings. The van der Waals surface area contributed by atoms with Crippen molar-refractivity contribution in [3.05, 3.63) is 0 Å². The van der Waals surface area contributed by atoms with Gasteiger partial charge in [-0.25, -0.2) is 0 Å². The van der Waals surface area contributed by atoms with Crippen molar-refractivity contribution in [2.24, 2.45) is 11.8 Å². The lowest BCUT2D eigenvalue weighted by molar-refractivity contribution is -0.134. The third-order valence-electron chi connectivity index (χ3n) is 5.43. The molecule has 1 heterocycles. The molecular weight excluding hydrogens is 260 g/mol. The second-order valence-electron chi connectivity index (χ2n) is 7.37. The first-order valence-electron chi connectivity index (χ1n) is 9.16.